The molecule has 142 valence electrons. The van der Waals surface area contributed by atoms with Crippen LogP contribution in [0.25, 0.3) is 0 Å². The molecule has 0 bridgehead atoms. The average molecular weight is 449 g/mol. The van der Waals surface area contributed by atoms with Gasteiger partial charge in [-0.1, -0.05) is 25.1 Å². The van der Waals surface area contributed by atoms with Gasteiger partial charge in [-0.05, 0) is 59.5 Å². The lowest BCUT2D eigenvalue weighted by atomic mass is 10.1. The van der Waals surface area contributed by atoms with Gasteiger partial charge in [-0.2, -0.15) is 18.3 Å². The Morgan fingerprint density at radius 3 is 2.62 bits per heavy atom. The van der Waals surface area contributed by atoms with E-state index >= 15 is 0 Å². The standard InChI is InChI=1S/C17H20BrF3N4S/c1-3-12-7-4-5-8-13(12)23-16(26)22-9-6-10-25-11(2)14(18)15(24-25)17(19,20)21/h4-5,7-8H,3,6,9-10H2,1-2H3,(H2,22,23,26). The molecule has 1 heterocycles. The van der Waals surface area contributed by atoms with Crippen LogP contribution in [0.15, 0.2) is 28.7 Å². The lowest BCUT2D eigenvalue weighted by Crippen LogP contribution is -2.30. The summed E-state index contributed by atoms with van der Waals surface area (Å²) >= 11 is 8.24. The number of halogens is 4. The summed E-state index contributed by atoms with van der Waals surface area (Å²) in [6, 6.07) is 7.89. The number of hydrogen-bond donors (Lipinski definition) is 2. The molecule has 0 radical (unpaired) electrons. The van der Waals surface area contributed by atoms with Crippen molar-refractivity contribution < 1.29 is 13.2 Å². The number of thiocarbonyl (C=S) groups is 1. The van der Waals surface area contributed by atoms with Gasteiger partial charge in [-0.25, -0.2) is 0 Å². The number of benzene rings is 1. The van der Waals surface area contributed by atoms with E-state index in [1.807, 2.05) is 24.3 Å². The molecule has 0 aliphatic heterocycles. The first-order valence-electron chi connectivity index (χ1n) is 8.17. The Labute approximate surface area is 164 Å². The van der Waals surface area contributed by atoms with Crippen LogP contribution < -0.4 is 10.6 Å². The van der Waals surface area contributed by atoms with Gasteiger partial charge in [0.1, 0.15) is 0 Å². The number of para-hydroxylation sites is 1. The van der Waals surface area contributed by atoms with E-state index in [-0.39, 0.29) is 4.47 Å². The first kappa shape index (κ1) is 20.7. The van der Waals surface area contributed by atoms with Crippen molar-refractivity contribution in [2.75, 3.05) is 11.9 Å². The summed E-state index contributed by atoms with van der Waals surface area (Å²) in [5, 5.41) is 10.4. The van der Waals surface area contributed by atoms with Crippen LogP contribution in [-0.2, 0) is 19.1 Å². The molecule has 0 saturated carbocycles. The fourth-order valence-electron chi connectivity index (χ4n) is 2.47. The first-order chi connectivity index (χ1) is 12.2. The molecule has 1 aromatic carbocycles. The summed E-state index contributed by atoms with van der Waals surface area (Å²) in [5.41, 5.74) is 1.67. The Kier molecular flexibility index (Phi) is 7.05. The molecule has 9 heteroatoms. The molecule has 2 rings (SSSR count). The van der Waals surface area contributed by atoms with Gasteiger partial charge >= 0.3 is 6.18 Å². The summed E-state index contributed by atoms with van der Waals surface area (Å²) in [6.45, 7) is 4.56. The zero-order chi connectivity index (χ0) is 19.3. The molecule has 0 fully saturated rings. The first-order valence-corrected chi connectivity index (χ1v) is 9.37. The summed E-state index contributed by atoms with van der Waals surface area (Å²) in [6.07, 6.45) is -2.99. The van der Waals surface area contributed by atoms with Gasteiger partial charge in [-0.15, -0.1) is 0 Å². The molecular weight excluding hydrogens is 429 g/mol. The number of nitrogens with one attached hydrogen (secondary N) is 2. The van der Waals surface area contributed by atoms with E-state index in [2.05, 4.69) is 38.6 Å². The fourth-order valence-corrected chi connectivity index (χ4v) is 3.19. The summed E-state index contributed by atoms with van der Waals surface area (Å²) < 4.78 is 39.9. The van der Waals surface area contributed by atoms with Crippen molar-refractivity contribution in [2.24, 2.45) is 0 Å². The van der Waals surface area contributed by atoms with Crippen LogP contribution in [0.1, 0.15) is 30.3 Å². The average Bonchev–Trinajstić information content (AvgIpc) is 2.87. The summed E-state index contributed by atoms with van der Waals surface area (Å²) in [7, 11) is 0. The summed E-state index contributed by atoms with van der Waals surface area (Å²) in [4.78, 5) is 0. The molecule has 26 heavy (non-hydrogen) atoms. The second-order valence-corrected chi connectivity index (χ2v) is 6.92. The minimum Gasteiger partial charge on any atom is -0.362 e. The number of nitrogens with zero attached hydrogens (tertiary/aromatic N) is 2. The van der Waals surface area contributed by atoms with Crippen molar-refractivity contribution in [3.63, 3.8) is 0 Å². The van der Waals surface area contributed by atoms with Gasteiger partial charge in [0, 0.05) is 18.8 Å². The lowest BCUT2D eigenvalue weighted by molar-refractivity contribution is -0.142. The summed E-state index contributed by atoms with van der Waals surface area (Å²) in [5.74, 6) is 0. The van der Waals surface area contributed by atoms with Crippen LogP contribution in [0.2, 0.25) is 0 Å². The maximum Gasteiger partial charge on any atom is 0.436 e. The molecule has 2 aromatic rings. The van der Waals surface area contributed by atoms with Crippen LogP contribution in [0, 0.1) is 6.92 Å². The van der Waals surface area contributed by atoms with E-state index in [1.54, 1.807) is 6.92 Å². The van der Waals surface area contributed by atoms with Gasteiger partial charge in [0.25, 0.3) is 0 Å². The third-order valence-corrected chi connectivity index (χ3v) is 5.08. The van der Waals surface area contributed by atoms with Crippen molar-refractivity contribution >= 4 is 38.9 Å². The van der Waals surface area contributed by atoms with Crippen LogP contribution in [0.5, 0.6) is 0 Å². The van der Waals surface area contributed by atoms with Crippen LogP contribution >= 0.6 is 28.1 Å². The second-order valence-electron chi connectivity index (χ2n) is 5.71. The normalized spacial score (nSPS) is 11.5. The van der Waals surface area contributed by atoms with E-state index in [4.69, 9.17) is 12.2 Å². The largest absolute Gasteiger partial charge is 0.436 e. The maximum absolute atomic E-state index is 12.9. The molecule has 0 unspecified atom stereocenters. The highest BCUT2D eigenvalue weighted by Crippen LogP contribution is 2.35. The second kappa shape index (κ2) is 8.85. The molecule has 2 N–H and O–H groups in total. The Morgan fingerprint density at radius 1 is 1.31 bits per heavy atom. The van der Waals surface area contributed by atoms with Crippen LogP contribution in [0.4, 0.5) is 18.9 Å². The number of hydrogen-bond acceptors (Lipinski definition) is 2. The van der Waals surface area contributed by atoms with Gasteiger partial charge in [0.05, 0.1) is 10.2 Å². The minimum absolute atomic E-state index is 0.00804. The maximum atomic E-state index is 12.9. The van der Waals surface area contributed by atoms with E-state index < -0.39 is 11.9 Å². The number of rotatable bonds is 6. The third kappa shape index (κ3) is 5.20. The van der Waals surface area contributed by atoms with Crippen molar-refractivity contribution in [1.82, 2.24) is 15.1 Å². The van der Waals surface area contributed by atoms with E-state index in [1.165, 1.54) is 4.68 Å². The Balaban J connectivity index is 1.85. The highest BCUT2D eigenvalue weighted by Gasteiger charge is 2.37. The predicted octanol–water partition coefficient (Wildman–Crippen LogP) is 4.91. The molecular formula is C17H20BrF3N4S. The molecule has 0 aliphatic rings. The van der Waals surface area contributed by atoms with Crippen molar-refractivity contribution in [3.8, 4) is 0 Å². The number of aryl methyl sites for hydroxylation is 2. The zero-order valence-electron chi connectivity index (χ0n) is 14.5. The fraction of sp³-hybridized carbons (Fsp3) is 0.412. The monoisotopic (exact) mass is 448 g/mol. The lowest BCUT2D eigenvalue weighted by Gasteiger charge is -2.13. The minimum atomic E-state index is -4.47. The quantitative estimate of drug-likeness (QED) is 0.486. The van der Waals surface area contributed by atoms with Gasteiger partial charge in [0.2, 0.25) is 0 Å². The predicted molar refractivity (Wildman–Crippen MR) is 104 cm³/mol. The number of alkyl halides is 3. The topological polar surface area (TPSA) is 41.9 Å². The van der Waals surface area contributed by atoms with E-state index in [9.17, 15) is 13.2 Å². The van der Waals surface area contributed by atoms with Gasteiger partial charge < -0.3 is 10.6 Å². The van der Waals surface area contributed by atoms with Crippen molar-refractivity contribution in [1.29, 1.82) is 0 Å². The zero-order valence-corrected chi connectivity index (χ0v) is 16.9. The van der Waals surface area contributed by atoms with E-state index in [0.29, 0.717) is 30.3 Å². The molecule has 0 saturated heterocycles. The molecule has 4 nitrogen and oxygen atoms in total. The smallest absolute Gasteiger partial charge is 0.362 e. The van der Waals surface area contributed by atoms with Gasteiger partial charge in [0.15, 0.2) is 10.8 Å². The number of aromatic nitrogens is 2. The van der Waals surface area contributed by atoms with Crippen LogP contribution in [0.3, 0.4) is 0 Å². The van der Waals surface area contributed by atoms with Crippen LogP contribution in [-0.4, -0.2) is 21.4 Å². The van der Waals surface area contributed by atoms with Gasteiger partial charge in [-0.3, -0.25) is 4.68 Å². The third-order valence-electron chi connectivity index (χ3n) is 3.88. The van der Waals surface area contributed by atoms with Crippen molar-refractivity contribution in [2.45, 2.75) is 39.4 Å². The molecule has 1 aromatic heterocycles. The molecule has 0 amide bonds. The number of anilines is 1. The Bertz CT molecular complexity index is 774. The highest BCUT2D eigenvalue weighted by atomic mass is 79.9. The molecule has 0 atom stereocenters. The Morgan fingerprint density at radius 2 is 2.00 bits per heavy atom. The van der Waals surface area contributed by atoms with Crippen molar-refractivity contribution in [3.05, 3.63) is 45.7 Å². The SMILES string of the molecule is CCc1ccccc1NC(=S)NCCCn1nc(C(F)(F)F)c(Br)c1C. The highest BCUT2D eigenvalue weighted by molar-refractivity contribution is 9.10. The molecule has 0 aliphatic carbocycles. The van der Waals surface area contributed by atoms with E-state index in [0.717, 1.165) is 17.7 Å². The Hall–Kier alpha value is -1.61. The molecule has 0 spiro atoms.